The lowest BCUT2D eigenvalue weighted by Gasteiger charge is -2.04. The molecule has 0 bridgehead atoms. The van der Waals surface area contributed by atoms with Crippen molar-refractivity contribution in [3.8, 4) is 11.6 Å². The normalized spacial score (nSPS) is 14.0. The molecule has 0 aromatic heterocycles. The second-order valence-electron chi connectivity index (χ2n) is 2.59. The van der Waals surface area contributed by atoms with Gasteiger partial charge in [-0.2, -0.15) is 0 Å². The van der Waals surface area contributed by atoms with Crippen LogP contribution in [-0.4, -0.2) is 24.7 Å². The average Bonchev–Trinajstić information content (AvgIpc) is 2.71. The fourth-order valence-corrected chi connectivity index (χ4v) is 1.34. The van der Waals surface area contributed by atoms with Crippen molar-refractivity contribution < 1.29 is 0 Å². The number of imidazole rings is 1. The molecule has 0 aliphatic carbocycles. The van der Waals surface area contributed by atoms with Gasteiger partial charge >= 0.3 is 0 Å². The SMILES string of the molecule is C1=Cc2nnc3ncnc-3n2C1. The van der Waals surface area contributed by atoms with Crippen LogP contribution < -0.4 is 0 Å². The first kappa shape index (κ1) is 5.82. The van der Waals surface area contributed by atoms with Crippen LogP contribution in [0.3, 0.4) is 0 Å². The highest BCUT2D eigenvalue weighted by molar-refractivity contribution is 5.52. The second-order valence-corrected chi connectivity index (χ2v) is 2.59. The van der Waals surface area contributed by atoms with Crippen molar-refractivity contribution in [1.29, 1.82) is 0 Å². The van der Waals surface area contributed by atoms with Crippen LogP contribution in [-0.2, 0) is 6.54 Å². The third-order valence-electron chi connectivity index (χ3n) is 1.89. The van der Waals surface area contributed by atoms with E-state index < -0.39 is 0 Å². The number of nitrogens with zero attached hydrogens (tertiary/aromatic N) is 5. The zero-order valence-electron chi connectivity index (χ0n) is 6.18. The van der Waals surface area contributed by atoms with E-state index in [1.165, 1.54) is 6.33 Å². The average molecular weight is 159 g/mol. The molecule has 0 radical (unpaired) electrons. The molecule has 0 saturated carbocycles. The number of allylic oxidation sites excluding steroid dienone is 1. The minimum absolute atomic E-state index is 0.613. The van der Waals surface area contributed by atoms with Gasteiger partial charge in [0, 0.05) is 6.54 Å². The van der Waals surface area contributed by atoms with Crippen LogP contribution in [0.25, 0.3) is 17.7 Å². The molecule has 58 valence electrons. The maximum Gasteiger partial charge on any atom is 0.219 e. The van der Waals surface area contributed by atoms with E-state index in [2.05, 4.69) is 20.2 Å². The zero-order chi connectivity index (χ0) is 7.97. The lowest BCUT2D eigenvalue weighted by molar-refractivity contribution is 0.753. The molecule has 0 N–H and O–H groups in total. The maximum atomic E-state index is 4.10. The van der Waals surface area contributed by atoms with Crippen molar-refractivity contribution in [2.24, 2.45) is 0 Å². The molecule has 3 rings (SSSR count). The zero-order valence-corrected chi connectivity index (χ0v) is 6.18. The summed E-state index contributed by atoms with van der Waals surface area (Å²) in [5.74, 6) is 2.27. The third kappa shape index (κ3) is 0.578. The van der Waals surface area contributed by atoms with E-state index in [0.717, 1.165) is 18.2 Å². The second kappa shape index (κ2) is 1.88. The largest absolute Gasteiger partial charge is 0.302 e. The molecule has 0 aromatic rings. The van der Waals surface area contributed by atoms with E-state index in [9.17, 15) is 0 Å². The summed E-state index contributed by atoms with van der Waals surface area (Å²) in [4.78, 5) is 8.06. The number of hydrogen-bond acceptors (Lipinski definition) is 4. The van der Waals surface area contributed by atoms with E-state index in [1.807, 2.05) is 16.7 Å². The first-order valence-corrected chi connectivity index (χ1v) is 3.65. The molecule has 3 heterocycles. The van der Waals surface area contributed by atoms with Gasteiger partial charge in [0.1, 0.15) is 6.33 Å². The van der Waals surface area contributed by atoms with Crippen LogP contribution >= 0.6 is 0 Å². The third-order valence-corrected chi connectivity index (χ3v) is 1.89. The lowest BCUT2D eigenvalue weighted by Crippen LogP contribution is -2.07. The monoisotopic (exact) mass is 159 g/mol. The van der Waals surface area contributed by atoms with E-state index in [1.54, 1.807) is 0 Å². The molecule has 5 nitrogen and oxygen atoms in total. The fourth-order valence-electron chi connectivity index (χ4n) is 1.34. The van der Waals surface area contributed by atoms with Crippen molar-refractivity contribution in [2.75, 3.05) is 0 Å². The summed E-state index contributed by atoms with van der Waals surface area (Å²) < 4.78 is 1.98. The first-order valence-electron chi connectivity index (χ1n) is 3.65. The molecule has 12 heavy (non-hydrogen) atoms. The molecule has 0 aromatic carbocycles. The quantitative estimate of drug-likeness (QED) is 0.551. The Morgan fingerprint density at radius 1 is 1.25 bits per heavy atom. The number of rotatable bonds is 0. The van der Waals surface area contributed by atoms with E-state index >= 15 is 0 Å². The number of fused-ring (bicyclic) bond motifs is 3. The van der Waals surface area contributed by atoms with Crippen molar-refractivity contribution in [2.45, 2.75) is 6.54 Å². The van der Waals surface area contributed by atoms with Gasteiger partial charge in [-0.25, -0.2) is 9.97 Å². The molecular formula is C7H5N5. The van der Waals surface area contributed by atoms with Gasteiger partial charge in [-0.3, -0.25) is 0 Å². The van der Waals surface area contributed by atoms with Crippen molar-refractivity contribution in [3.63, 3.8) is 0 Å². The lowest BCUT2D eigenvalue weighted by atomic mass is 10.5. The van der Waals surface area contributed by atoms with Gasteiger partial charge in [0.2, 0.25) is 5.82 Å². The van der Waals surface area contributed by atoms with E-state index in [4.69, 9.17) is 0 Å². The van der Waals surface area contributed by atoms with Gasteiger partial charge in [0.05, 0.1) is 0 Å². The van der Waals surface area contributed by atoms with E-state index in [0.29, 0.717) is 5.82 Å². The van der Waals surface area contributed by atoms with E-state index in [-0.39, 0.29) is 0 Å². The van der Waals surface area contributed by atoms with Crippen molar-refractivity contribution in [1.82, 2.24) is 24.7 Å². The Morgan fingerprint density at radius 2 is 2.25 bits per heavy atom. The minimum Gasteiger partial charge on any atom is -0.302 e. The van der Waals surface area contributed by atoms with Gasteiger partial charge in [0.15, 0.2) is 11.6 Å². The molecular weight excluding hydrogens is 154 g/mol. The van der Waals surface area contributed by atoms with Crippen LogP contribution in [0.5, 0.6) is 0 Å². The molecule has 0 amide bonds. The Balaban J connectivity index is 2.41. The standard InChI is InChI=1S/C7H5N5/c1-2-5-10-11-6-7(9-4-8-6)12(5)3-1/h1-2,4H,3H2. The number of hydrogen-bond donors (Lipinski definition) is 0. The Morgan fingerprint density at radius 3 is 3.25 bits per heavy atom. The highest BCUT2D eigenvalue weighted by Gasteiger charge is 2.16. The Bertz CT molecular complexity index is 430. The summed E-state index contributed by atoms with van der Waals surface area (Å²) in [5, 5.41) is 7.90. The molecule has 5 heteroatoms. The van der Waals surface area contributed by atoms with Gasteiger partial charge in [-0.1, -0.05) is 6.08 Å². The topological polar surface area (TPSA) is 56.5 Å². The summed E-state index contributed by atoms with van der Waals surface area (Å²) in [6.07, 6.45) is 5.46. The van der Waals surface area contributed by atoms with Crippen LogP contribution in [0.1, 0.15) is 5.82 Å². The summed E-state index contributed by atoms with van der Waals surface area (Å²) in [7, 11) is 0. The van der Waals surface area contributed by atoms with Gasteiger partial charge in [-0.05, 0) is 6.08 Å². The van der Waals surface area contributed by atoms with Crippen molar-refractivity contribution >= 4 is 6.08 Å². The highest BCUT2D eigenvalue weighted by Crippen LogP contribution is 2.18. The summed E-state index contributed by atoms with van der Waals surface area (Å²) >= 11 is 0. The smallest absolute Gasteiger partial charge is 0.219 e. The van der Waals surface area contributed by atoms with Gasteiger partial charge < -0.3 is 4.57 Å². The molecule has 0 atom stereocenters. The molecule has 3 aliphatic heterocycles. The number of aromatic nitrogens is 5. The Labute approximate surface area is 68.1 Å². The maximum absolute atomic E-state index is 4.10. The summed E-state index contributed by atoms with van der Waals surface area (Å²) in [5.41, 5.74) is 0. The fraction of sp³-hybridized carbons (Fsp3) is 0.143. The summed E-state index contributed by atoms with van der Waals surface area (Å²) in [6, 6.07) is 0. The molecule has 3 aliphatic rings. The van der Waals surface area contributed by atoms with Crippen molar-refractivity contribution in [3.05, 3.63) is 18.2 Å². The molecule has 0 spiro atoms. The molecule has 0 unspecified atom stereocenters. The van der Waals surface area contributed by atoms with Crippen LogP contribution in [0.15, 0.2) is 12.4 Å². The highest BCUT2D eigenvalue weighted by atomic mass is 15.3. The molecule has 0 fully saturated rings. The predicted molar refractivity (Wildman–Crippen MR) is 41.3 cm³/mol. The minimum atomic E-state index is 0.613. The van der Waals surface area contributed by atoms with Gasteiger partial charge in [0.25, 0.3) is 0 Å². The van der Waals surface area contributed by atoms with Crippen LogP contribution in [0.2, 0.25) is 0 Å². The van der Waals surface area contributed by atoms with Crippen LogP contribution in [0.4, 0.5) is 0 Å². The molecule has 0 saturated heterocycles. The summed E-state index contributed by atoms with van der Waals surface area (Å²) in [6.45, 7) is 0.819. The van der Waals surface area contributed by atoms with Crippen LogP contribution in [0, 0.1) is 0 Å². The first-order chi connectivity index (χ1) is 5.95. The Kier molecular flexibility index (Phi) is 0.910. The predicted octanol–water partition coefficient (Wildman–Crippen LogP) is 0.200. The Hall–Kier alpha value is -1.78. The van der Waals surface area contributed by atoms with Gasteiger partial charge in [-0.15, -0.1) is 10.2 Å².